The molecule has 1 atom stereocenters. The highest BCUT2D eigenvalue weighted by atomic mass is 35.5. The predicted molar refractivity (Wildman–Crippen MR) is 86.1 cm³/mol. The van der Waals surface area contributed by atoms with Gasteiger partial charge in [0.1, 0.15) is 0 Å². The second-order valence-electron chi connectivity index (χ2n) is 5.30. The van der Waals surface area contributed by atoms with Gasteiger partial charge in [-0.05, 0) is 65.8 Å². The van der Waals surface area contributed by atoms with Crippen LogP contribution >= 0.6 is 23.2 Å². The van der Waals surface area contributed by atoms with Gasteiger partial charge >= 0.3 is 0 Å². The van der Waals surface area contributed by atoms with E-state index in [1.54, 1.807) is 18.2 Å². The summed E-state index contributed by atoms with van der Waals surface area (Å²) in [7, 11) is 6.05. The number of carbonyl (C=O) groups is 1. The van der Waals surface area contributed by atoms with Crippen molar-refractivity contribution in [2.75, 3.05) is 34.2 Å². The Bertz CT molecular complexity index is 463. The van der Waals surface area contributed by atoms with Gasteiger partial charge in [0.05, 0.1) is 11.1 Å². The predicted octanol–water partition coefficient (Wildman–Crippen LogP) is 3.45. The number of hydrogen-bond donors (Lipinski definition) is 0. The highest BCUT2D eigenvalue weighted by molar-refractivity contribution is 6.37. The Balaban J connectivity index is 2.66. The van der Waals surface area contributed by atoms with E-state index in [0.717, 1.165) is 19.5 Å². The van der Waals surface area contributed by atoms with Crippen molar-refractivity contribution < 1.29 is 4.79 Å². The maximum absolute atomic E-state index is 12.4. The Morgan fingerprint density at radius 2 is 1.85 bits per heavy atom. The van der Waals surface area contributed by atoms with E-state index in [0.29, 0.717) is 15.6 Å². The summed E-state index contributed by atoms with van der Waals surface area (Å²) in [6, 6.07) is 4.79. The lowest BCUT2D eigenvalue weighted by Gasteiger charge is -2.24. The number of likely N-dealkylation sites (N-methyl/N-ethyl adjacent to an activating group) is 1. The maximum Gasteiger partial charge on any atom is 0.181 e. The average molecular weight is 317 g/mol. The number of halogens is 2. The molecule has 0 amide bonds. The van der Waals surface area contributed by atoms with Crippen LogP contribution in [0.25, 0.3) is 0 Å². The second kappa shape index (κ2) is 7.99. The van der Waals surface area contributed by atoms with Gasteiger partial charge in [0.15, 0.2) is 5.78 Å². The number of hydrogen-bond acceptors (Lipinski definition) is 3. The fraction of sp³-hybridized carbons (Fsp3) is 0.533. The summed E-state index contributed by atoms with van der Waals surface area (Å²) < 4.78 is 0. The minimum atomic E-state index is -0.198. The lowest BCUT2D eigenvalue weighted by atomic mass is 10.0. The normalized spacial score (nSPS) is 13.0. The van der Waals surface area contributed by atoms with Crippen LogP contribution in [0.3, 0.4) is 0 Å². The highest BCUT2D eigenvalue weighted by Gasteiger charge is 2.21. The molecule has 0 heterocycles. The first kappa shape index (κ1) is 17.4. The van der Waals surface area contributed by atoms with E-state index in [4.69, 9.17) is 23.2 Å². The molecule has 0 radical (unpaired) electrons. The zero-order valence-electron chi connectivity index (χ0n) is 12.5. The van der Waals surface area contributed by atoms with Gasteiger partial charge in [-0.2, -0.15) is 0 Å². The summed E-state index contributed by atoms with van der Waals surface area (Å²) in [6.45, 7) is 3.78. The highest BCUT2D eigenvalue weighted by Crippen LogP contribution is 2.23. The Hall–Kier alpha value is -0.610. The van der Waals surface area contributed by atoms with Crippen LogP contribution in [0.1, 0.15) is 23.7 Å². The molecule has 0 bridgehead atoms. The van der Waals surface area contributed by atoms with Crippen molar-refractivity contribution in [2.45, 2.75) is 19.4 Å². The van der Waals surface area contributed by atoms with Crippen molar-refractivity contribution in [3.05, 3.63) is 33.8 Å². The Kier molecular flexibility index (Phi) is 6.96. The molecular weight excluding hydrogens is 295 g/mol. The van der Waals surface area contributed by atoms with E-state index in [2.05, 4.69) is 9.80 Å². The molecule has 0 spiro atoms. The summed E-state index contributed by atoms with van der Waals surface area (Å²) in [5, 5.41) is 0.953. The molecule has 0 aliphatic carbocycles. The van der Waals surface area contributed by atoms with Crippen LogP contribution in [0, 0.1) is 0 Å². The molecule has 0 aromatic heterocycles. The summed E-state index contributed by atoms with van der Waals surface area (Å²) in [4.78, 5) is 16.6. The molecule has 5 heteroatoms. The van der Waals surface area contributed by atoms with Crippen molar-refractivity contribution in [1.82, 2.24) is 9.80 Å². The molecule has 112 valence electrons. The first-order chi connectivity index (χ1) is 9.32. The lowest BCUT2D eigenvalue weighted by molar-refractivity contribution is 0.0866. The third-order valence-corrected chi connectivity index (χ3v) is 3.90. The lowest BCUT2D eigenvalue weighted by Crippen LogP contribution is -2.37. The fourth-order valence-corrected chi connectivity index (χ4v) is 2.45. The van der Waals surface area contributed by atoms with Gasteiger partial charge in [0, 0.05) is 10.6 Å². The van der Waals surface area contributed by atoms with Gasteiger partial charge in [-0.15, -0.1) is 0 Å². The van der Waals surface area contributed by atoms with Crippen LogP contribution in [-0.2, 0) is 0 Å². The molecule has 0 aliphatic rings. The smallest absolute Gasteiger partial charge is 0.181 e. The summed E-state index contributed by atoms with van der Waals surface area (Å²) in [5.41, 5.74) is 0.531. The van der Waals surface area contributed by atoms with E-state index in [1.165, 1.54) is 0 Å². The van der Waals surface area contributed by atoms with Crippen molar-refractivity contribution >= 4 is 29.0 Å². The quantitative estimate of drug-likeness (QED) is 0.720. The van der Waals surface area contributed by atoms with E-state index in [1.807, 2.05) is 28.1 Å². The minimum Gasteiger partial charge on any atom is -0.309 e. The molecule has 1 rings (SSSR count). The Morgan fingerprint density at radius 1 is 1.20 bits per heavy atom. The molecule has 1 unspecified atom stereocenters. The van der Waals surface area contributed by atoms with E-state index in [9.17, 15) is 4.79 Å². The second-order valence-corrected chi connectivity index (χ2v) is 6.15. The number of Topliss-reactive ketones (excluding diaryl/α,β-unsaturated/α-hetero) is 1. The van der Waals surface area contributed by atoms with Crippen LogP contribution in [0.15, 0.2) is 18.2 Å². The van der Waals surface area contributed by atoms with Crippen LogP contribution in [0.2, 0.25) is 10.0 Å². The maximum atomic E-state index is 12.4. The molecule has 0 fully saturated rings. The summed E-state index contributed by atoms with van der Waals surface area (Å²) in [5.74, 6) is 0.0269. The van der Waals surface area contributed by atoms with Crippen molar-refractivity contribution in [3.63, 3.8) is 0 Å². The number of carbonyl (C=O) groups excluding carboxylic acids is 1. The van der Waals surface area contributed by atoms with Crippen LogP contribution in [0.4, 0.5) is 0 Å². The monoisotopic (exact) mass is 316 g/mol. The van der Waals surface area contributed by atoms with Crippen LogP contribution < -0.4 is 0 Å². The first-order valence-electron chi connectivity index (χ1n) is 6.67. The third-order valence-electron chi connectivity index (χ3n) is 3.35. The number of rotatable bonds is 7. The van der Waals surface area contributed by atoms with Crippen molar-refractivity contribution in [1.29, 1.82) is 0 Å². The molecule has 0 N–H and O–H groups in total. The number of ketones is 1. The third kappa shape index (κ3) is 5.06. The number of benzene rings is 1. The Labute approximate surface area is 131 Å². The van der Waals surface area contributed by atoms with E-state index in [-0.39, 0.29) is 11.8 Å². The van der Waals surface area contributed by atoms with Crippen molar-refractivity contribution in [2.24, 2.45) is 0 Å². The minimum absolute atomic E-state index is 0.0269. The molecule has 1 aromatic carbocycles. The molecule has 0 aliphatic heterocycles. The SMILES string of the molecule is CC(C(=O)c1ccc(Cl)cc1Cl)N(C)CCCN(C)C. The van der Waals surface area contributed by atoms with Gasteiger partial charge in [-0.1, -0.05) is 23.2 Å². The van der Waals surface area contributed by atoms with Gasteiger partial charge in [0.25, 0.3) is 0 Å². The van der Waals surface area contributed by atoms with Crippen molar-refractivity contribution in [3.8, 4) is 0 Å². The molecule has 1 aromatic rings. The zero-order valence-corrected chi connectivity index (χ0v) is 14.0. The average Bonchev–Trinajstić information content (AvgIpc) is 2.36. The van der Waals surface area contributed by atoms with Crippen LogP contribution in [-0.4, -0.2) is 55.9 Å². The zero-order chi connectivity index (χ0) is 15.3. The molecule has 0 saturated heterocycles. The summed E-state index contributed by atoms with van der Waals surface area (Å²) >= 11 is 11.9. The molecule has 20 heavy (non-hydrogen) atoms. The molecule has 0 saturated carbocycles. The first-order valence-corrected chi connectivity index (χ1v) is 7.42. The topological polar surface area (TPSA) is 23.6 Å². The van der Waals surface area contributed by atoms with Gasteiger partial charge in [-0.25, -0.2) is 0 Å². The van der Waals surface area contributed by atoms with Gasteiger partial charge in [0.2, 0.25) is 0 Å². The van der Waals surface area contributed by atoms with Gasteiger partial charge < -0.3 is 4.90 Å². The van der Waals surface area contributed by atoms with Gasteiger partial charge in [-0.3, -0.25) is 9.69 Å². The standard InChI is InChI=1S/C15H22Cl2N2O/c1-11(19(4)9-5-8-18(2)3)15(20)13-7-6-12(16)10-14(13)17/h6-7,10-11H,5,8-9H2,1-4H3. The molecular formula is C15H22Cl2N2O. The fourth-order valence-electron chi connectivity index (χ4n) is 1.94. The Morgan fingerprint density at radius 3 is 2.40 bits per heavy atom. The largest absolute Gasteiger partial charge is 0.309 e. The van der Waals surface area contributed by atoms with E-state index < -0.39 is 0 Å². The molecule has 3 nitrogen and oxygen atoms in total. The summed E-state index contributed by atoms with van der Waals surface area (Å²) in [6.07, 6.45) is 1.02. The van der Waals surface area contributed by atoms with E-state index >= 15 is 0 Å². The van der Waals surface area contributed by atoms with Crippen LogP contribution in [0.5, 0.6) is 0 Å². The number of nitrogens with zero attached hydrogens (tertiary/aromatic N) is 2.